The third kappa shape index (κ3) is 2.42. The molecule has 0 bridgehead atoms. The van der Waals surface area contributed by atoms with E-state index < -0.39 is 0 Å². The molecule has 1 saturated heterocycles. The van der Waals surface area contributed by atoms with Crippen LogP contribution in [0.4, 0.5) is 0 Å². The lowest BCUT2D eigenvalue weighted by Crippen LogP contribution is -2.43. The first-order chi connectivity index (χ1) is 10.2. The fourth-order valence-corrected chi connectivity index (χ4v) is 2.54. The van der Waals surface area contributed by atoms with Crippen molar-refractivity contribution in [3.8, 4) is 0 Å². The maximum absolute atomic E-state index is 12.5. The zero-order valence-electron chi connectivity index (χ0n) is 11.9. The van der Waals surface area contributed by atoms with E-state index in [-0.39, 0.29) is 17.0 Å². The number of carbonyl (C=O) groups excluding carboxylic acids is 1. The number of carbonyl (C=O) groups is 1. The molecule has 1 aromatic heterocycles. The van der Waals surface area contributed by atoms with Crippen molar-refractivity contribution < 1.29 is 9.53 Å². The van der Waals surface area contributed by atoms with Gasteiger partial charge in [-0.25, -0.2) is 0 Å². The summed E-state index contributed by atoms with van der Waals surface area (Å²) in [5.41, 5.74) is 0.452. The van der Waals surface area contributed by atoms with E-state index in [0.717, 1.165) is 5.52 Å². The third-order valence-corrected chi connectivity index (χ3v) is 3.66. The highest BCUT2D eigenvalue weighted by Gasteiger charge is 2.24. The third-order valence-electron chi connectivity index (χ3n) is 3.66. The second-order valence-corrected chi connectivity index (χ2v) is 4.92. The quantitative estimate of drug-likeness (QED) is 0.823. The first-order valence-electron chi connectivity index (χ1n) is 7.09. The van der Waals surface area contributed by atoms with Crippen LogP contribution in [0.1, 0.15) is 17.4 Å². The van der Waals surface area contributed by atoms with Gasteiger partial charge in [0.05, 0.1) is 18.7 Å². The summed E-state index contributed by atoms with van der Waals surface area (Å²) >= 11 is 0. The van der Waals surface area contributed by atoms with Gasteiger partial charge in [-0.3, -0.25) is 14.3 Å². The molecule has 2 aromatic rings. The van der Waals surface area contributed by atoms with Crippen LogP contribution in [0.25, 0.3) is 10.9 Å². The molecule has 2 heterocycles. The van der Waals surface area contributed by atoms with E-state index in [1.54, 1.807) is 21.7 Å². The molecule has 1 aliphatic rings. The van der Waals surface area contributed by atoms with Gasteiger partial charge in [0.2, 0.25) is 5.43 Å². The Kier molecular flexibility index (Phi) is 3.70. The Balaban J connectivity index is 2.12. The number of hydrogen-bond acceptors (Lipinski definition) is 4. The van der Waals surface area contributed by atoms with Crippen LogP contribution in [0.15, 0.2) is 29.1 Å². The summed E-state index contributed by atoms with van der Waals surface area (Å²) < 4.78 is 6.93. The highest BCUT2D eigenvalue weighted by atomic mass is 16.5. The van der Waals surface area contributed by atoms with E-state index in [4.69, 9.17) is 4.74 Å². The number of fused-ring (bicyclic) bond motifs is 1. The lowest BCUT2D eigenvalue weighted by Gasteiger charge is -2.26. The molecule has 110 valence electrons. The standard InChI is InChI=1S/C15H17N3O3/c1-2-18-12-6-4-3-5-11(12)14(19)13(16-18)15(20)17-7-9-21-10-8-17/h3-6H,2,7-10H2,1H3. The number of benzene rings is 1. The number of morpholine rings is 1. The van der Waals surface area contributed by atoms with E-state index >= 15 is 0 Å². The first kappa shape index (κ1) is 13.8. The van der Waals surface area contributed by atoms with Crippen LogP contribution in [0.2, 0.25) is 0 Å². The average Bonchev–Trinajstić information content (AvgIpc) is 2.56. The molecule has 6 nitrogen and oxygen atoms in total. The Labute approximate surface area is 121 Å². The molecular weight excluding hydrogens is 270 g/mol. The lowest BCUT2D eigenvalue weighted by atomic mass is 10.2. The molecule has 0 N–H and O–H groups in total. The van der Waals surface area contributed by atoms with E-state index in [1.165, 1.54) is 0 Å². The van der Waals surface area contributed by atoms with E-state index in [2.05, 4.69) is 5.10 Å². The highest BCUT2D eigenvalue weighted by molar-refractivity contribution is 5.95. The number of para-hydroxylation sites is 1. The van der Waals surface area contributed by atoms with E-state index in [9.17, 15) is 9.59 Å². The monoisotopic (exact) mass is 287 g/mol. The van der Waals surface area contributed by atoms with Crippen LogP contribution in [0.5, 0.6) is 0 Å². The lowest BCUT2D eigenvalue weighted by molar-refractivity contribution is 0.0296. The maximum atomic E-state index is 12.5. The van der Waals surface area contributed by atoms with Gasteiger partial charge in [-0.15, -0.1) is 0 Å². The number of aromatic nitrogens is 2. The van der Waals surface area contributed by atoms with Gasteiger partial charge in [-0.05, 0) is 19.1 Å². The Hall–Kier alpha value is -2.21. The minimum absolute atomic E-state index is 0.00236. The smallest absolute Gasteiger partial charge is 0.278 e. The highest BCUT2D eigenvalue weighted by Crippen LogP contribution is 2.11. The summed E-state index contributed by atoms with van der Waals surface area (Å²) in [4.78, 5) is 26.7. The van der Waals surface area contributed by atoms with Crippen molar-refractivity contribution >= 4 is 16.8 Å². The first-order valence-corrected chi connectivity index (χ1v) is 7.09. The minimum Gasteiger partial charge on any atom is -0.378 e. The zero-order valence-corrected chi connectivity index (χ0v) is 11.9. The number of aryl methyl sites for hydroxylation is 1. The normalized spacial score (nSPS) is 15.4. The Morgan fingerprint density at radius 2 is 2.00 bits per heavy atom. The van der Waals surface area contributed by atoms with Gasteiger partial charge in [-0.2, -0.15) is 5.10 Å². The van der Waals surface area contributed by atoms with Crippen molar-refractivity contribution in [3.63, 3.8) is 0 Å². The summed E-state index contributed by atoms with van der Waals surface area (Å²) in [5, 5.41) is 4.80. The zero-order chi connectivity index (χ0) is 14.8. The molecule has 1 fully saturated rings. The van der Waals surface area contributed by atoms with Crippen LogP contribution < -0.4 is 5.43 Å². The Bertz CT molecular complexity index is 733. The van der Waals surface area contributed by atoms with Gasteiger partial charge in [0, 0.05) is 25.0 Å². The Morgan fingerprint density at radius 1 is 1.29 bits per heavy atom. The van der Waals surface area contributed by atoms with Crippen molar-refractivity contribution in [3.05, 3.63) is 40.2 Å². The molecule has 1 aromatic carbocycles. The summed E-state index contributed by atoms with van der Waals surface area (Å²) in [6, 6.07) is 7.24. The molecule has 6 heteroatoms. The minimum atomic E-state index is -0.309. The fraction of sp³-hybridized carbons (Fsp3) is 0.400. The summed E-state index contributed by atoms with van der Waals surface area (Å²) in [5.74, 6) is -0.309. The van der Waals surface area contributed by atoms with Crippen molar-refractivity contribution in [2.75, 3.05) is 26.3 Å². The fourth-order valence-electron chi connectivity index (χ4n) is 2.54. The number of hydrogen-bond donors (Lipinski definition) is 0. The van der Waals surface area contributed by atoms with Crippen molar-refractivity contribution in [2.24, 2.45) is 0 Å². The number of nitrogens with zero attached hydrogens (tertiary/aromatic N) is 3. The number of ether oxygens (including phenoxy) is 1. The molecule has 0 aliphatic carbocycles. The molecule has 0 atom stereocenters. The SMILES string of the molecule is CCn1nc(C(=O)N2CCOCC2)c(=O)c2ccccc21. The van der Waals surface area contributed by atoms with Crippen molar-refractivity contribution in [1.29, 1.82) is 0 Å². The molecule has 0 saturated carbocycles. The van der Waals surface area contributed by atoms with Gasteiger partial charge in [0.15, 0.2) is 5.69 Å². The van der Waals surface area contributed by atoms with Gasteiger partial charge < -0.3 is 9.64 Å². The molecule has 3 rings (SSSR count). The number of amides is 1. The second-order valence-electron chi connectivity index (χ2n) is 4.92. The maximum Gasteiger partial charge on any atom is 0.278 e. The molecule has 1 aliphatic heterocycles. The van der Waals surface area contributed by atoms with Crippen LogP contribution >= 0.6 is 0 Å². The summed E-state index contributed by atoms with van der Waals surface area (Å²) in [6.07, 6.45) is 0. The van der Waals surface area contributed by atoms with E-state index in [1.807, 2.05) is 19.1 Å². The molecule has 0 spiro atoms. The van der Waals surface area contributed by atoms with Crippen molar-refractivity contribution in [2.45, 2.75) is 13.5 Å². The predicted octanol–water partition coefficient (Wildman–Crippen LogP) is 0.889. The topological polar surface area (TPSA) is 64.4 Å². The van der Waals surface area contributed by atoms with Crippen LogP contribution in [0, 0.1) is 0 Å². The average molecular weight is 287 g/mol. The summed E-state index contributed by atoms with van der Waals surface area (Å²) in [6.45, 7) is 4.54. The van der Waals surface area contributed by atoms with E-state index in [0.29, 0.717) is 38.2 Å². The molecule has 21 heavy (non-hydrogen) atoms. The van der Waals surface area contributed by atoms with Crippen LogP contribution in [-0.4, -0.2) is 46.9 Å². The van der Waals surface area contributed by atoms with Gasteiger partial charge in [0.25, 0.3) is 5.91 Å². The van der Waals surface area contributed by atoms with Crippen LogP contribution in [0.3, 0.4) is 0 Å². The van der Waals surface area contributed by atoms with Crippen molar-refractivity contribution in [1.82, 2.24) is 14.7 Å². The number of rotatable bonds is 2. The Morgan fingerprint density at radius 3 is 2.71 bits per heavy atom. The summed E-state index contributed by atoms with van der Waals surface area (Å²) in [7, 11) is 0. The molecule has 0 unspecified atom stereocenters. The van der Waals surface area contributed by atoms with Gasteiger partial charge in [0.1, 0.15) is 0 Å². The van der Waals surface area contributed by atoms with Crippen LogP contribution in [-0.2, 0) is 11.3 Å². The molecule has 0 radical (unpaired) electrons. The van der Waals surface area contributed by atoms with Gasteiger partial charge >= 0.3 is 0 Å². The molecular formula is C15H17N3O3. The largest absolute Gasteiger partial charge is 0.378 e. The second kappa shape index (κ2) is 5.65. The predicted molar refractivity (Wildman–Crippen MR) is 78.4 cm³/mol. The molecule has 1 amide bonds. The van der Waals surface area contributed by atoms with Gasteiger partial charge in [-0.1, -0.05) is 12.1 Å².